The molecule has 0 radical (unpaired) electrons. The summed E-state index contributed by atoms with van der Waals surface area (Å²) in [4.78, 5) is 21.0. The topological polar surface area (TPSA) is 54.9 Å². The molecule has 0 spiro atoms. The van der Waals surface area contributed by atoms with Gasteiger partial charge in [0.25, 0.3) is 5.91 Å². The van der Waals surface area contributed by atoms with Gasteiger partial charge in [-0.05, 0) is 25.2 Å². The highest BCUT2D eigenvalue weighted by molar-refractivity contribution is 7.98. The van der Waals surface area contributed by atoms with Crippen LogP contribution in [0.3, 0.4) is 0 Å². The molecule has 1 aromatic carbocycles. The first-order valence-corrected chi connectivity index (χ1v) is 8.13. The number of carbonyl (C=O) groups excluding carboxylic acids is 1. The smallest absolute Gasteiger partial charge is 0.255 e. The summed E-state index contributed by atoms with van der Waals surface area (Å²) in [6.45, 7) is 3.96. The molecule has 0 saturated carbocycles. The second-order valence-electron chi connectivity index (χ2n) is 4.68. The summed E-state index contributed by atoms with van der Waals surface area (Å²) in [6, 6.07) is 9.83. The van der Waals surface area contributed by atoms with Gasteiger partial charge in [-0.3, -0.25) is 4.79 Å². The average molecular weight is 301 g/mol. The van der Waals surface area contributed by atoms with Crippen LogP contribution in [0.4, 0.5) is 0 Å². The van der Waals surface area contributed by atoms with Crippen LogP contribution in [0.25, 0.3) is 0 Å². The van der Waals surface area contributed by atoms with E-state index in [0.717, 1.165) is 11.3 Å². The number of carbonyl (C=O) groups is 1. The van der Waals surface area contributed by atoms with Gasteiger partial charge in [0, 0.05) is 6.20 Å². The molecule has 4 nitrogen and oxygen atoms in total. The van der Waals surface area contributed by atoms with Crippen LogP contribution >= 0.6 is 11.8 Å². The maximum absolute atomic E-state index is 12.4. The van der Waals surface area contributed by atoms with E-state index in [0.29, 0.717) is 17.1 Å². The summed E-state index contributed by atoms with van der Waals surface area (Å²) in [5.41, 5.74) is 2.41. The summed E-state index contributed by atoms with van der Waals surface area (Å²) < 4.78 is 0. The second kappa shape index (κ2) is 7.22. The Bertz CT molecular complexity index is 616. The molecular weight excluding hydrogens is 282 g/mol. The van der Waals surface area contributed by atoms with E-state index in [-0.39, 0.29) is 11.9 Å². The van der Waals surface area contributed by atoms with Crippen molar-refractivity contribution < 1.29 is 4.79 Å². The van der Waals surface area contributed by atoms with E-state index in [1.54, 1.807) is 6.20 Å². The Balaban J connectivity index is 2.17. The van der Waals surface area contributed by atoms with Crippen LogP contribution < -0.4 is 5.32 Å². The van der Waals surface area contributed by atoms with Gasteiger partial charge in [-0.15, -0.1) is 0 Å². The van der Waals surface area contributed by atoms with Crippen molar-refractivity contribution in [2.45, 2.75) is 31.5 Å². The number of aromatic nitrogens is 2. The van der Waals surface area contributed by atoms with Gasteiger partial charge in [-0.1, -0.05) is 49.0 Å². The molecule has 5 heteroatoms. The quantitative estimate of drug-likeness (QED) is 0.680. The average Bonchev–Trinajstić information content (AvgIpc) is 2.54. The Morgan fingerprint density at radius 2 is 2.05 bits per heavy atom. The molecule has 2 rings (SSSR count). The predicted octanol–water partition coefficient (Wildman–Crippen LogP) is 3.25. The number of benzene rings is 1. The van der Waals surface area contributed by atoms with Gasteiger partial charge in [0.2, 0.25) is 0 Å². The lowest BCUT2D eigenvalue weighted by Crippen LogP contribution is -2.28. The molecule has 1 N–H and O–H groups in total. The fourth-order valence-electron chi connectivity index (χ4n) is 2.06. The highest BCUT2D eigenvalue weighted by atomic mass is 32.2. The van der Waals surface area contributed by atoms with Gasteiger partial charge in [0.15, 0.2) is 5.16 Å². The van der Waals surface area contributed by atoms with E-state index in [4.69, 9.17) is 0 Å². The predicted molar refractivity (Wildman–Crippen MR) is 85.5 cm³/mol. The van der Waals surface area contributed by atoms with Crippen molar-refractivity contribution in [1.82, 2.24) is 15.3 Å². The third-order valence-electron chi connectivity index (χ3n) is 3.25. The van der Waals surface area contributed by atoms with Crippen LogP contribution in [-0.4, -0.2) is 22.1 Å². The Kier molecular flexibility index (Phi) is 5.33. The van der Waals surface area contributed by atoms with Crippen LogP contribution in [0.2, 0.25) is 0 Å². The first kappa shape index (κ1) is 15.5. The molecule has 0 fully saturated rings. The number of nitrogens with zero attached hydrogens (tertiary/aromatic N) is 2. The van der Waals surface area contributed by atoms with E-state index < -0.39 is 0 Å². The Morgan fingerprint density at radius 3 is 2.67 bits per heavy atom. The lowest BCUT2D eigenvalue weighted by atomic mass is 10.1. The monoisotopic (exact) mass is 301 g/mol. The van der Waals surface area contributed by atoms with Crippen molar-refractivity contribution in [3.63, 3.8) is 0 Å². The van der Waals surface area contributed by atoms with Gasteiger partial charge in [-0.2, -0.15) is 0 Å². The number of nitrogens with one attached hydrogen (secondary N) is 1. The third-order valence-corrected chi connectivity index (χ3v) is 3.82. The minimum atomic E-state index is -0.129. The van der Waals surface area contributed by atoms with Gasteiger partial charge < -0.3 is 5.32 Å². The molecule has 1 aromatic heterocycles. The summed E-state index contributed by atoms with van der Waals surface area (Å²) in [5, 5.41) is 3.69. The Morgan fingerprint density at radius 1 is 1.33 bits per heavy atom. The van der Waals surface area contributed by atoms with E-state index in [1.807, 2.05) is 50.4 Å². The molecule has 1 heterocycles. The molecular formula is C16H19N3OS. The zero-order chi connectivity index (χ0) is 15.2. The first-order chi connectivity index (χ1) is 10.2. The molecule has 0 aliphatic rings. The zero-order valence-electron chi connectivity index (χ0n) is 12.5. The van der Waals surface area contributed by atoms with Crippen molar-refractivity contribution >= 4 is 17.7 Å². The molecule has 0 saturated heterocycles. The van der Waals surface area contributed by atoms with Crippen molar-refractivity contribution in [2.24, 2.45) is 0 Å². The fraction of sp³-hybridized carbons (Fsp3) is 0.312. The van der Waals surface area contributed by atoms with Crippen LogP contribution in [0.15, 0.2) is 41.7 Å². The number of hydrogen-bond donors (Lipinski definition) is 1. The largest absolute Gasteiger partial charge is 0.345 e. The standard InChI is InChI=1S/C16H19N3OS/c1-4-14-13(10-17-16(19-14)21-3)15(20)18-11(2)12-8-6-5-7-9-12/h5-11H,4H2,1-3H3,(H,18,20)/t11-/m0/s1. The molecule has 0 aliphatic carbocycles. The number of rotatable bonds is 5. The Hall–Kier alpha value is -1.88. The summed E-state index contributed by atoms with van der Waals surface area (Å²) in [7, 11) is 0. The van der Waals surface area contributed by atoms with E-state index in [1.165, 1.54) is 11.8 Å². The fourth-order valence-corrected chi connectivity index (χ4v) is 2.42. The van der Waals surface area contributed by atoms with Crippen molar-refractivity contribution in [3.05, 3.63) is 53.3 Å². The van der Waals surface area contributed by atoms with Crippen molar-refractivity contribution in [2.75, 3.05) is 6.26 Å². The van der Waals surface area contributed by atoms with E-state index in [9.17, 15) is 4.79 Å². The molecule has 2 aromatic rings. The second-order valence-corrected chi connectivity index (χ2v) is 5.45. The van der Waals surface area contributed by atoms with Crippen LogP contribution in [-0.2, 0) is 6.42 Å². The van der Waals surface area contributed by atoms with Crippen molar-refractivity contribution in [3.8, 4) is 0 Å². The molecule has 21 heavy (non-hydrogen) atoms. The van der Waals surface area contributed by atoms with Crippen LogP contribution in [0.1, 0.15) is 41.5 Å². The molecule has 0 unspecified atom stereocenters. The van der Waals surface area contributed by atoms with Crippen LogP contribution in [0.5, 0.6) is 0 Å². The van der Waals surface area contributed by atoms with E-state index >= 15 is 0 Å². The first-order valence-electron chi connectivity index (χ1n) is 6.91. The third kappa shape index (κ3) is 3.82. The minimum absolute atomic E-state index is 0.0522. The molecule has 1 atom stereocenters. The molecule has 1 amide bonds. The number of hydrogen-bond acceptors (Lipinski definition) is 4. The number of aryl methyl sites for hydroxylation is 1. The maximum atomic E-state index is 12.4. The lowest BCUT2D eigenvalue weighted by Gasteiger charge is -2.15. The van der Waals surface area contributed by atoms with Crippen LogP contribution in [0, 0.1) is 0 Å². The maximum Gasteiger partial charge on any atom is 0.255 e. The van der Waals surface area contributed by atoms with Gasteiger partial charge in [0.05, 0.1) is 17.3 Å². The SMILES string of the molecule is CCc1nc(SC)ncc1C(=O)N[C@@H](C)c1ccccc1. The van der Waals surface area contributed by atoms with E-state index in [2.05, 4.69) is 15.3 Å². The van der Waals surface area contributed by atoms with Crippen molar-refractivity contribution in [1.29, 1.82) is 0 Å². The highest BCUT2D eigenvalue weighted by Crippen LogP contribution is 2.15. The zero-order valence-corrected chi connectivity index (χ0v) is 13.3. The minimum Gasteiger partial charge on any atom is -0.345 e. The number of amides is 1. The van der Waals surface area contributed by atoms with Gasteiger partial charge in [0.1, 0.15) is 0 Å². The number of thioether (sulfide) groups is 1. The van der Waals surface area contributed by atoms with Gasteiger partial charge in [-0.25, -0.2) is 9.97 Å². The highest BCUT2D eigenvalue weighted by Gasteiger charge is 2.16. The summed E-state index contributed by atoms with van der Waals surface area (Å²) >= 11 is 1.48. The lowest BCUT2D eigenvalue weighted by molar-refractivity contribution is 0.0938. The van der Waals surface area contributed by atoms with Gasteiger partial charge >= 0.3 is 0 Å². The summed E-state index contributed by atoms with van der Waals surface area (Å²) in [6.07, 6.45) is 4.25. The summed E-state index contributed by atoms with van der Waals surface area (Å²) in [5.74, 6) is -0.129. The molecule has 110 valence electrons. The normalized spacial score (nSPS) is 12.0. The Labute approximate surface area is 129 Å². The molecule has 0 aliphatic heterocycles. The molecule has 0 bridgehead atoms.